The summed E-state index contributed by atoms with van der Waals surface area (Å²) in [4.78, 5) is 29.2. The first-order valence-corrected chi connectivity index (χ1v) is 11.4. The lowest BCUT2D eigenvalue weighted by Crippen LogP contribution is -2.24. The van der Waals surface area contributed by atoms with Crippen LogP contribution in [0.25, 0.3) is 10.9 Å². The van der Waals surface area contributed by atoms with Gasteiger partial charge >= 0.3 is 5.97 Å². The van der Waals surface area contributed by atoms with Crippen LogP contribution in [0.1, 0.15) is 44.5 Å². The molecule has 3 aromatic rings. The highest BCUT2D eigenvalue weighted by Gasteiger charge is 2.21. The lowest BCUT2D eigenvalue weighted by atomic mass is 10.1. The quantitative estimate of drug-likeness (QED) is 0.406. The number of carbonyl (C=O) groups is 1. The molecule has 2 aromatic carbocycles. The van der Waals surface area contributed by atoms with Gasteiger partial charge in [0.1, 0.15) is 5.82 Å². The van der Waals surface area contributed by atoms with Gasteiger partial charge in [-0.05, 0) is 43.7 Å². The second-order valence-corrected chi connectivity index (χ2v) is 8.57. The molecule has 0 aliphatic heterocycles. The van der Waals surface area contributed by atoms with Crippen LogP contribution in [-0.4, -0.2) is 47.3 Å². The number of hydrogen-bond acceptors (Lipinski definition) is 7. The summed E-state index contributed by atoms with van der Waals surface area (Å²) in [7, 11) is 2.87. The highest BCUT2D eigenvalue weighted by Crippen LogP contribution is 2.39. The first-order valence-electron chi connectivity index (χ1n) is 10.6. The Morgan fingerprint density at radius 1 is 1.21 bits per heavy atom. The standard InChI is InChI=1S/C24H26BrN3O6/c1-6-13(2)22-27-18-8-7-16(25)11-17(18)23(29)28(22)26-12-15-9-19(32-4)21(20(10-15)33-5)34-14(3)24(30)31/h7-14H,6H2,1-5H3,(H,30,31)/t13-,14+/m1/s1. The summed E-state index contributed by atoms with van der Waals surface area (Å²) in [5.41, 5.74) is 0.875. The second kappa shape index (κ2) is 10.7. The monoisotopic (exact) mass is 531 g/mol. The molecule has 34 heavy (non-hydrogen) atoms. The molecule has 0 fully saturated rings. The molecule has 0 saturated heterocycles. The minimum absolute atomic E-state index is 0.00440. The van der Waals surface area contributed by atoms with Crippen molar-refractivity contribution in [2.24, 2.45) is 5.10 Å². The molecule has 1 N–H and O–H groups in total. The Labute approximate surface area is 205 Å². The fourth-order valence-corrected chi connectivity index (χ4v) is 3.58. The normalized spacial score (nSPS) is 13.1. The fraction of sp³-hybridized carbons (Fsp3) is 0.333. The Bertz CT molecular complexity index is 1280. The number of carboxylic acid groups (broad SMARTS) is 1. The Morgan fingerprint density at radius 3 is 2.41 bits per heavy atom. The SMILES string of the molecule is CC[C@@H](C)c1nc2ccc(Br)cc2c(=O)n1N=Cc1cc(OC)c(O[C@@H](C)C(=O)O)c(OC)c1. The van der Waals surface area contributed by atoms with Gasteiger partial charge < -0.3 is 19.3 Å². The van der Waals surface area contributed by atoms with Gasteiger partial charge in [0, 0.05) is 16.0 Å². The number of aliphatic carboxylic acids is 1. The number of aromatic nitrogens is 2. The number of methoxy groups -OCH3 is 2. The lowest BCUT2D eigenvalue weighted by molar-refractivity contribution is -0.144. The maximum absolute atomic E-state index is 13.3. The smallest absolute Gasteiger partial charge is 0.344 e. The third-order valence-corrected chi connectivity index (χ3v) is 5.83. The van der Waals surface area contributed by atoms with E-state index in [1.54, 1.807) is 24.3 Å². The molecule has 1 heterocycles. The molecule has 0 amide bonds. The van der Waals surface area contributed by atoms with Crippen molar-refractivity contribution >= 4 is 39.0 Å². The molecule has 0 aliphatic rings. The van der Waals surface area contributed by atoms with Gasteiger partial charge in [0.05, 0.1) is 31.3 Å². The van der Waals surface area contributed by atoms with Crippen LogP contribution < -0.4 is 19.8 Å². The average molecular weight is 532 g/mol. The van der Waals surface area contributed by atoms with Gasteiger partial charge in [-0.3, -0.25) is 4.79 Å². The van der Waals surface area contributed by atoms with Crippen LogP contribution >= 0.6 is 15.9 Å². The molecular formula is C24H26BrN3O6. The van der Waals surface area contributed by atoms with Crippen LogP contribution in [0.2, 0.25) is 0 Å². The van der Waals surface area contributed by atoms with E-state index >= 15 is 0 Å². The van der Waals surface area contributed by atoms with E-state index in [0.29, 0.717) is 22.3 Å². The van der Waals surface area contributed by atoms with Crippen molar-refractivity contribution in [2.45, 2.75) is 39.2 Å². The molecule has 2 atom stereocenters. The number of fused-ring (bicyclic) bond motifs is 1. The van der Waals surface area contributed by atoms with Crippen molar-refractivity contribution in [3.05, 3.63) is 56.5 Å². The Balaban J connectivity index is 2.13. The van der Waals surface area contributed by atoms with Crippen molar-refractivity contribution in [1.29, 1.82) is 0 Å². The van der Waals surface area contributed by atoms with Crippen LogP contribution in [0.5, 0.6) is 17.2 Å². The van der Waals surface area contributed by atoms with E-state index in [0.717, 1.165) is 10.9 Å². The van der Waals surface area contributed by atoms with Crippen LogP contribution in [0, 0.1) is 0 Å². The maximum Gasteiger partial charge on any atom is 0.344 e. The average Bonchev–Trinajstić information content (AvgIpc) is 2.83. The number of ether oxygens (including phenoxy) is 3. The zero-order valence-corrected chi connectivity index (χ0v) is 21.1. The first kappa shape index (κ1) is 25.2. The number of benzene rings is 2. The lowest BCUT2D eigenvalue weighted by Gasteiger charge is -2.17. The highest BCUT2D eigenvalue weighted by molar-refractivity contribution is 9.10. The van der Waals surface area contributed by atoms with E-state index < -0.39 is 12.1 Å². The van der Waals surface area contributed by atoms with Crippen molar-refractivity contribution in [3.8, 4) is 17.2 Å². The topological polar surface area (TPSA) is 112 Å². The van der Waals surface area contributed by atoms with Gasteiger partial charge in [-0.2, -0.15) is 9.78 Å². The van der Waals surface area contributed by atoms with Gasteiger partial charge in [0.15, 0.2) is 17.6 Å². The zero-order valence-electron chi connectivity index (χ0n) is 19.5. The van der Waals surface area contributed by atoms with Crippen molar-refractivity contribution < 1.29 is 24.1 Å². The van der Waals surface area contributed by atoms with Gasteiger partial charge in [-0.1, -0.05) is 29.8 Å². The predicted molar refractivity (Wildman–Crippen MR) is 133 cm³/mol. The van der Waals surface area contributed by atoms with Crippen molar-refractivity contribution in [1.82, 2.24) is 9.66 Å². The second-order valence-electron chi connectivity index (χ2n) is 7.66. The number of carboxylic acids is 1. The summed E-state index contributed by atoms with van der Waals surface area (Å²) in [5, 5.41) is 14.1. The van der Waals surface area contributed by atoms with Gasteiger partial charge in [-0.25, -0.2) is 9.78 Å². The van der Waals surface area contributed by atoms with Gasteiger partial charge in [-0.15, -0.1) is 0 Å². The molecule has 3 rings (SSSR count). The van der Waals surface area contributed by atoms with E-state index in [1.807, 2.05) is 19.9 Å². The van der Waals surface area contributed by atoms with E-state index in [-0.39, 0.29) is 28.7 Å². The third kappa shape index (κ3) is 5.22. The molecule has 1 aromatic heterocycles. The maximum atomic E-state index is 13.3. The van der Waals surface area contributed by atoms with Crippen LogP contribution in [0.3, 0.4) is 0 Å². The molecule has 0 spiro atoms. The molecule has 9 nitrogen and oxygen atoms in total. The highest BCUT2D eigenvalue weighted by atomic mass is 79.9. The van der Waals surface area contributed by atoms with Gasteiger partial charge in [0.25, 0.3) is 5.56 Å². The van der Waals surface area contributed by atoms with Crippen molar-refractivity contribution in [3.63, 3.8) is 0 Å². The van der Waals surface area contributed by atoms with E-state index in [2.05, 4.69) is 21.0 Å². The summed E-state index contributed by atoms with van der Waals surface area (Å²) in [6.07, 6.45) is 1.16. The molecule has 180 valence electrons. The van der Waals surface area contributed by atoms with E-state index in [4.69, 9.17) is 19.2 Å². The Hall–Kier alpha value is -3.40. The van der Waals surface area contributed by atoms with E-state index in [9.17, 15) is 14.7 Å². The number of nitrogens with zero attached hydrogens (tertiary/aromatic N) is 3. The summed E-state index contributed by atoms with van der Waals surface area (Å²) in [6.45, 7) is 5.41. The number of halogens is 1. The summed E-state index contributed by atoms with van der Waals surface area (Å²) in [5.74, 6) is 0.116. The van der Waals surface area contributed by atoms with Crippen LogP contribution in [0.15, 0.2) is 44.7 Å². The Morgan fingerprint density at radius 2 is 1.85 bits per heavy atom. The molecular weight excluding hydrogens is 506 g/mol. The Kier molecular flexibility index (Phi) is 7.93. The van der Waals surface area contributed by atoms with Crippen molar-refractivity contribution in [2.75, 3.05) is 14.2 Å². The van der Waals surface area contributed by atoms with Gasteiger partial charge in [0.2, 0.25) is 5.75 Å². The number of hydrogen-bond donors (Lipinski definition) is 1. The largest absolute Gasteiger partial charge is 0.493 e. The van der Waals surface area contributed by atoms with Crippen LogP contribution in [0.4, 0.5) is 0 Å². The summed E-state index contributed by atoms with van der Waals surface area (Å²) < 4.78 is 18.4. The molecule has 0 aliphatic carbocycles. The minimum Gasteiger partial charge on any atom is -0.493 e. The molecule has 10 heteroatoms. The zero-order chi connectivity index (χ0) is 25.0. The summed E-state index contributed by atoms with van der Waals surface area (Å²) in [6, 6.07) is 8.60. The fourth-order valence-electron chi connectivity index (χ4n) is 3.22. The molecule has 0 bridgehead atoms. The molecule has 0 radical (unpaired) electrons. The predicted octanol–water partition coefficient (Wildman–Crippen LogP) is 4.42. The number of rotatable bonds is 9. The van der Waals surface area contributed by atoms with Crippen LogP contribution in [-0.2, 0) is 4.79 Å². The first-order chi connectivity index (χ1) is 16.2. The van der Waals surface area contributed by atoms with E-state index in [1.165, 1.54) is 32.0 Å². The molecule has 0 unspecified atom stereocenters. The molecule has 0 saturated carbocycles. The minimum atomic E-state index is -1.12. The third-order valence-electron chi connectivity index (χ3n) is 5.33. The summed E-state index contributed by atoms with van der Waals surface area (Å²) >= 11 is 3.40.